The number of aryl methyl sites for hydroxylation is 1. The quantitative estimate of drug-likeness (QED) is 0.333. The van der Waals surface area contributed by atoms with Crippen molar-refractivity contribution in [2.45, 2.75) is 38.3 Å². The minimum absolute atomic E-state index is 0.00212. The number of rotatable bonds is 6. The maximum Gasteiger partial charge on any atom is 0.335 e. The van der Waals surface area contributed by atoms with E-state index in [0.29, 0.717) is 17.5 Å². The first-order chi connectivity index (χ1) is 16.9. The molecule has 3 atom stereocenters. The lowest BCUT2D eigenvalue weighted by Gasteiger charge is -2.33. The number of carboxylic acid groups (broad SMARTS) is 1. The van der Waals surface area contributed by atoms with Gasteiger partial charge in [-0.2, -0.15) is 0 Å². The third kappa shape index (κ3) is 4.52. The summed E-state index contributed by atoms with van der Waals surface area (Å²) in [6.07, 6.45) is 0.627. The van der Waals surface area contributed by atoms with Gasteiger partial charge in [0.05, 0.1) is 5.56 Å². The summed E-state index contributed by atoms with van der Waals surface area (Å²) in [7, 11) is 0. The van der Waals surface area contributed by atoms with E-state index in [9.17, 15) is 14.3 Å². The predicted octanol–water partition coefficient (Wildman–Crippen LogP) is 6.62. The zero-order valence-electron chi connectivity index (χ0n) is 19.8. The van der Waals surface area contributed by atoms with E-state index in [1.807, 2.05) is 61.5 Å². The van der Waals surface area contributed by atoms with Crippen LogP contribution in [0.2, 0.25) is 0 Å². The number of benzene rings is 4. The smallest absolute Gasteiger partial charge is 0.335 e. The van der Waals surface area contributed by atoms with Crippen molar-refractivity contribution < 1.29 is 19.0 Å². The Balaban J connectivity index is 1.39. The van der Waals surface area contributed by atoms with Gasteiger partial charge in [0.15, 0.2) is 0 Å². The number of hydrogen-bond acceptors (Lipinski definition) is 3. The molecule has 2 N–H and O–H groups in total. The number of fused-ring (bicyclic) bond motifs is 2. The van der Waals surface area contributed by atoms with Gasteiger partial charge in [-0.3, -0.25) is 0 Å². The number of carbonyl (C=O) groups is 1. The minimum atomic E-state index is -0.914. The molecular weight excluding hydrogens is 441 g/mol. The first-order valence-corrected chi connectivity index (χ1v) is 11.9. The Morgan fingerprint density at radius 2 is 1.80 bits per heavy atom. The van der Waals surface area contributed by atoms with Crippen molar-refractivity contribution in [2.24, 2.45) is 0 Å². The molecule has 0 saturated carbocycles. The molecule has 0 aliphatic carbocycles. The highest BCUT2D eigenvalue weighted by atomic mass is 19.1. The average molecular weight is 470 g/mol. The van der Waals surface area contributed by atoms with Crippen LogP contribution in [-0.4, -0.2) is 23.7 Å². The van der Waals surface area contributed by atoms with E-state index in [2.05, 4.69) is 18.3 Å². The van der Waals surface area contributed by atoms with Crippen LogP contribution in [0.1, 0.15) is 57.9 Å². The van der Waals surface area contributed by atoms with Crippen LogP contribution >= 0.6 is 0 Å². The Bertz CT molecular complexity index is 1400. The molecule has 1 heterocycles. The van der Waals surface area contributed by atoms with Gasteiger partial charge in [0, 0.05) is 29.5 Å². The zero-order chi connectivity index (χ0) is 24.5. The van der Waals surface area contributed by atoms with Crippen LogP contribution in [-0.2, 0) is 0 Å². The largest absolute Gasteiger partial charge is 0.489 e. The van der Waals surface area contributed by atoms with Crippen LogP contribution in [0.15, 0.2) is 78.9 Å². The highest BCUT2D eigenvalue weighted by Gasteiger charge is 2.30. The van der Waals surface area contributed by atoms with Crippen molar-refractivity contribution in [3.63, 3.8) is 0 Å². The minimum Gasteiger partial charge on any atom is -0.489 e. The number of halogens is 1. The fourth-order valence-electron chi connectivity index (χ4n) is 5.10. The van der Waals surface area contributed by atoms with E-state index >= 15 is 0 Å². The Morgan fingerprint density at radius 1 is 1.06 bits per heavy atom. The number of ether oxygens (including phenoxy) is 1. The molecule has 4 aromatic carbocycles. The Labute approximate surface area is 204 Å². The second-order valence-electron chi connectivity index (χ2n) is 9.26. The lowest BCUT2D eigenvalue weighted by molar-refractivity contribution is 0.0696. The summed E-state index contributed by atoms with van der Waals surface area (Å²) in [6, 6.07) is 24.6. The summed E-state index contributed by atoms with van der Waals surface area (Å²) in [6.45, 7) is 4.50. The molecule has 5 heteroatoms. The van der Waals surface area contributed by atoms with Crippen LogP contribution in [0.3, 0.4) is 0 Å². The monoisotopic (exact) mass is 469 g/mol. The zero-order valence-corrected chi connectivity index (χ0v) is 19.8. The van der Waals surface area contributed by atoms with Gasteiger partial charge in [-0.25, -0.2) is 9.18 Å². The average Bonchev–Trinajstić information content (AvgIpc) is 2.87. The molecule has 4 aromatic rings. The lowest BCUT2D eigenvalue weighted by Crippen LogP contribution is -2.37. The van der Waals surface area contributed by atoms with Crippen LogP contribution in [0.4, 0.5) is 4.39 Å². The van der Waals surface area contributed by atoms with E-state index < -0.39 is 5.97 Å². The van der Waals surface area contributed by atoms with Gasteiger partial charge >= 0.3 is 5.97 Å². The third-order valence-corrected chi connectivity index (χ3v) is 7.00. The molecule has 1 aliphatic rings. The molecule has 1 aliphatic heterocycles. The molecule has 0 amide bonds. The SMILES string of the molecule is Cc1ccc([C@H]2C[C@H](CNC(C)c3ccc(F)c4ccccc34)Oc3ccccc32)cc1C(=O)O. The van der Waals surface area contributed by atoms with Crippen molar-refractivity contribution in [3.05, 3.63) is 112 Å². The van der Waals surface area contributed by atoms with Gasteiger partial charge < -0.3 is 15.2 Å². The molecule has 5 rings (SSSR count). The third-order valence-electron chi connectivity index (χ3n) is 7.00. The first kappa shape index (κ1) is 23.1. The van der Waals surface area contributed by atoms with E-state index in [0.717, 1.165) is 39.8 Å². The number of para-hydroxylation sites is 1. The number of nitrogens with one attached hydrogen (secondary N) is 1. The van der Waals surface area contributed by atoms with Crippen LogP contribution in [0.5, 0.6) is 5.75 Å². The Kier molecular flexibility index (Phi) is 6.27. The molecular formula is C30H28FNO3. The van der Waals surface area contributed by atoms with E-state index in [4.69, 9.17) is 4.74 Å². The highest BCUT2D eigenvalue weighted by molar-refractivity contribution is 5.89. The summed E-state index contributed by atoms with van der Waals surface area (Å²) < 4.78 is 20.6. The van der Waals surface area contributed by atoms with E-state index in [1.54, 1.807) is 12.1 Å². The topological polar surface area (TPSA) is 58.6 Å². The lowest BCUT2D eigenvalue weighted by atomic mass is 9.83. The van der Waals surface area contributed by atoms with Crippen LogP contribution in [0.25, 0.3) is 10.8 Å². The summed E-state index contributed by atoms with van der Waals surface area (Å²) in [4.78, 5) is 11.7. The Hall–Kier alpha value is -3.70. The standard InChI is InChI=1S/C30H28FNO3/c1-18-11-12-20(15-26(18)30(33)34)27-16-21(35-29-10-6-5-9-25(27)29)17-32-19(2)22-13-14-28(31)24-8-4-3-7-23(22)24/h3-15,19,21,27,32H,16-17H2,1-2H3,(H,33,34)/t19?,21-,27-/m1/s1. The molecule has 0 fully saturated rings. The fraction of sp³-hybridized carbons (Fsp3) is 0.233. The maximum atomic E-state index is 14.3. The van der Waals surface area contributed by atoms with E-state index in [-0.39, 0.29) is 23.9 Å². The molecule has 0 aromatic heterocycles. The number of hydrogen-bond donors (Lipinski definition) is 2. The van der Waals surface area contributed by atoms with Crippen molar-refractivity contribution in [2.75, 3.05) is 6.54 Å². The summed E-state index contributed by atoms with van der Waals surface area (Å²) in [5, 5.41) is 14.7. The summed E-state index contributed by atoms with van der Waals surface area (Å²) in [5.74, 6) is -0.269. The first-order valence-electron chi connectivity index (χ1n) is 11.9. The summed E-state index contributed by atoms with van der Waals surface area (Å²) in [5.41, 5.74) is 4.17. The predicted molar refractivity (Wildman–Crippen MR) is 136 cm³/mol. The van der Waals surface area contributed by atoms with Crippen molar-refractivity contribution in [1.29, 1.82) is 0 Å². The molecule has 0 bridgehead atoms. The molecule has 0 saturated heterocycles. The Morgan fingerprint density at radius 3 is 2.60 bits per heavy atom. The van der Waals surface area contributed by atoms with Crippen molar-refractivity contribution in [3.8, 4) is 5.75 Å². The van der Waals surface area contributed by atoms with Gasteiger partial charge in [0.25, 0.3) is 0 Å². The fourth-order valence-corrected chi connectivity index (χ4v) is 5.10. The van der Waals surface area contributed by atoms with Gasteiger partial charge in [0.1, 0.15) is 17.7 Å². The molecule has 1 unspecified atom stereocenters. The van der Waals surface area contributed by atoms with Gasteiger partial charge in [-0.05, 0) is 60.5 Å². The van der Waals surface area contributed by atoms with Crippen molar-refractivity contribution in [1.82, 2.24) is 5.32 Å². The van der Waals surface area contributed by atoms with Gasteiger partial charge in [0.2, 0.25) is 0 Å². The maximum absolute atomic E-state index is 14.3. The van der Waals surface area contributed by atoms with Crippen LogP contribution < -0.4 is 10.1 Å². The molecule has 0 radical (unpaired) electrons. The van der Waals surface area contributed by atoms with E-state index in [1.165, 1.54) is 6.07 Å². The van der Waals surface area contributed by atoms with Crippen molar-refractivity contribution >= 4 is 16.7 Å². The normalized spacial score (nSPS) is 18.0. The molecule has 0 spiro atoms. The second-order valence-corrected chi connectivity index (χ2v) is 9.26. The molecule has 35 heavy (non-hydrogen) atoms. The number of carboxylic acids is 1. The molecule has 178 valence electrons. The highest BCUT2D eigenvalue weighted by Crippen LogP contribution is 2.41. The molecule has 4 nitrogen and oxygen atoms in total. The van der Waals surface area contributed by atoms with Crippen LogP contribution in [0, 0.1) is 12.7 Å². The van der Waals surface area contributed by atoms with Gasteiger partial charge in [-0.15, -0.1) is 0 Å². The van der Waals surface area contributed by atoms with Gasteiger partial charge in [-0.1, -0.05) is 60.7 Å². The second kappa shape index (κ2) is 9.51. The summed E-state index contributed by atoms with van der Waals surface area (Å²) >= 11 is 0. The number of aromatic carboxylic acids is 1.